The first kappa shape index (κ1) is 29.6. The summed E-state index contributed by atoms with van der Waals surface area (Å²) in [6.45, 7) is 14.2. The van der Waals surface area contributed by atoms with E-state index in [-0.39, 0.29) is 24.0 Å². The van der Waals surface area contributed by atoms with Crippen molar-refractivity contribution in [3.05, 3.63) is 46.3 Å². The first-order valence-corrected chi connectivity index (χ1v) is 13.3. The molecule has 210 valence electrons. The zero-order valence-corrected chi connectivity index (χ0v) is 23.4. The number of nitrogens with zero attached hydrogens (tertiary/aromatic N) is 1. The normalized spacial score (nSPS) is 15.2. The van der Waals surface area contributed by atoms with Crippen LogP contribution in [-0.4, -0.2) is 64.9 Å². The lowest BCUT2D eigenvalue weighted by molar-refractivity contribution is -0.144. The summed E-state index contributed by atoms with van der Waals surface area (Å²) in [6, 6.07) is 4.84. The molecule has 0 bridgehead atoms. The van der Waals surface area contributed by atoms with Gasteiger partial charge in [0.25, 0.3) is 11.8 Å². The molecule has 0 saturated heterocycles. The molecule has 0 aliphatic carbocycles. The summed E-state index contributed by atoms with van der Waals surface area (Å²) >= 11 is 0. The Balaban J connectivity index is 1.79. The zero-order valence-electron chi connectivity index (χ0n) is 23.4. The fourth-order valence-electron chi connectivity index (χ4n) is 4.59. The van der Waals surface area contributed by atoms with E-state index in [1.54, 1.807) is 38.1 Å². The minimum absolute atomic E-state index is 0.0505. The largest absolute Gasteiger partial charge is 0.481 e. The Hall–Kier alpha value is -3.92. The van der Waals surface area contributed by atoms with Crippen LogP contribution in [0.4, 0.5) is 5.69 Å². The van der Waals surface area contributed by atoms with Gasteiger partial charge in [-0.3, -0.25) is 19.2 Å². The number of carbonyl (C=O) groups excluding carboxylic acids is 3. The molecule has 0 radical (unpaired) electrons. The van der Waals surface area contributed by atoms with Crippen LogP contribution in [0.1, 0.15) is 67.0 Å². The van der Waals surface area contributed by atoms with Gasteiger partial charge in [-0.15, -0.1) is 0 Å². The van der Waals surface area contributed by atoms with Gasteiger partial charge in [-0.25, -0.2) is 0 Å². The van der Waals surface area contributed by atoms with Crippen molar-refractivity contribution in [1.29, 1.82) is 0 Å². The van der Waals surface area contributed by atoms with E-state index in [0.29, 0.717) is 40.3 Å². The number of benzene rings is 1. The second-order valence-electron chi connectivity index (χ2n) is 9.95. The molecule has 1 aliphatic rings. The Bertz CT molecular complexity index is 1290. The molecule has 10 nitrogen and oxygen atoms in total. The molecule has 39 heavy (non-hydrogen) atoms. The molecule has 2 aromatic rings. The van der Waals surface area contributed by atoms with E-state index in [9.17, 15) is 19.2 Å². The monoisotopic (exact) mass is 538 g/mol. The van der Waals surface area contributed by atoms with Crippen LogP contribution in [0, 0.1) is 25.7 Å². The van der Waals surface area contributed by atoms with Crippen LogP contribution in [-0.2, 0) is 14.4 Å². The van der Waals surface area contributed by atoms with Gasteiger partial charge in [-0.1, -0.05) is 27.7 Å². The molecule has 3 rings (SSSR count). The fourth-order valence-corrected chi connectivity index (χ4v) is 4.59. The van der Waals surface area contributed by atoms with Gasteiger partial charge in [0.15, 0.2) is 0 Å². The molecule has 1 aliphatic heterocycles. The van der Waals surface area contributed by atoms with Crippen LogP contribution < -0.4 is 15.4 Å². The number of aryl methyl sites for hydroxylation is 1. The van der Waals surface area contributed by atoms with E-state index in [1.807, 2.05) is 13.8 Å². The minimum atomic E-state index is -0.970. The fraction of sp³-hybridized carbons (Fsp3) is 0.448. The second-order valence-corrected chi connectivity index (χ2v) is 9.95. The third kappa shape index (κ3) is 6.94. The summed E-state index contributed by atoms with van der Waals surface area (Å²) in [7, 11) is 0. The number of aromatic nitrogens is 1. The minimum Gasteiger partial charge on any atom is -0.481 e. The number of H-pyrrole nitrogens is 1. The highest BCUT2D eigenvalue weighted by molar-refractivity contribution is 6.35. The van der Waals surface area contributed by atoms with Gasteiger partial charge < -0.3 is 30.4 Å². The Morgan fingerprint density at radius 3 is 2.49 bits per heavy atom. The summed E-state index contributed by atoms with van der Waals surface area (Å²) in [5, 5.41) is 14.9. The van der Waals surface area contributed by atoms with Crippen LogP contribution >= 0.6 is 0 Å². The number of carbonyl (C=O) groups is 4. The first-order valence-electron chi connectivity index (χ1n) is 13.3. The average molecular weight is 539 g/mol. The number of likely N-dealkylation sites (N-methyl/N-ethyl adjacent to an activating group) is 1. The van der Waals surface area contributed by atoms with E-state index in [1.165, 1.54) is 0 Å². The molecule has 4 N–H and O–H groups in total. The highest BCUT2D eigenvalue weighted by atomic mass is 16.5. The second kappa shape index (κ2) is 12.8. The maximum Gasteiger partial charge on any atom is 0.311 e. The average Bonchev–Trinajstić information content (AvgIpc) is 3.35. The number of aliphatic carboxylic acids is 1. The summed E-state index contributed by atoms with van der Waals surface area (Å²) in [4.78, 5) is 54.8. The summed E-state index contributed by atoms with van der Waals surface area (Å²) in [5.74, 6) is -2.83. The lowest BCUT2D eigenvalue weighted by Gasteiger charge is -2.18. The Morgan fingerprint density at radius 1 is 1.15 bits per heavy atom. The van der Waals surface area contributed by atoms with Gasteiger partial charge in [0, 0.05) is 42.1 Å². The van der Waals surface area contributed by atoms with Crippen molar-refractivity contribution in [1.82, 2.24) is 15.2 Å². The number of hydrogen-bond acceptors (Lipinski definition) is 6. The molecular formula is C29H38N4O6. The number of anilines is 1. The molecular weight excluding hydrogens is 500 g/mol. The quantitative estimate of drug-likeness (QED) is 0.183. The van der Waals surface area contributed by atoms with Crippen molar-refractivity contribution in [3.63, 3.8) is 0 Å². The van der Waals surface area contributed by atoms with Crippen LogP contribution in [0.25, 0.3) is 11.6 Å². The van der Waals surface area contributed by atoms with Crippen molar-refractivity contribution in [3.8, 4) is 5.75 Å². The third-order valence-corrected chi connectivity index (χ3v) is 7.34. The molecule has 2 heterocycles. The molecule has 10 heteroatoms. The number of ether oxygens (including phenoxy) is 1. The lowest BCUT2D eigenvalue weighted by Crippen LogP contribution is -2.35. The van der Waals surface area contributed by atoms with Gasteiger partial charge in [-0.2, -0.15) is 0 Å². The number of amides is 2. The van der Waals surface area contributed by atoms with Crippen molar-refractivity contribution in [2.45, 2.75) is 48.0 Å². The number of hydrogen-bond donors (Lipinski definition) is 4. The molecule has 2 unspecified atom stereocenters. The Morgan fingerprint density at radius 2 is 1.85 bits per heavy atom. The Kier molecular flexibility index (Phi) is 9.69. The van der Waals surface area contributed by atoms with E-state index in [2.05, 4.69) is 34.4 Å². The molecule has 0 spiro atoms. The number of rotatable bonds is 12. The van der Waals surface area contributed by atoms with Crippen molar-refractivity contribution >= 4 is 41.1 Å². The van der Waals surface area contributed by atoms with Crippen LogP contribution in [0.5, 0.6) is 5.75 Å². The first-order chi connectivity index (χ1) is 18.5. The molecule has 2 atom stereocenters. The van der Waals surface area contributed by atoms with Gasteiger partial charge in [-0.05, 0) is 62.7 Å². The predicted octanol–water partition coefficient (Wildman–Crippen LogP) is 3.85. The van der Waals surface area contributed by atoms with E-state index < -0.39 is 23.8 Å². The smallest absolute Gasteiger partial charge is 0.311 e. The molecule has 1 aromatic carbocycles. The van der Waals surface area contributed by atoms with Crippen LogP contribution in [0.3, 0.4) is 0 Å². The maximum atomic E-state index is 12.9. The summed E-state index contributed by atoms with van der Waals surface area (Å²) in [6.07, 6.45) is 1.64. The van der Waals surface area contributed by atoms with Crippen molar-refractivity contribution in [2.24, 2.45) is 11.8 Å². The van der Waals surface area contributed by atoms with Crippen LogP contribution in [0.15, 0.2) is 18.2 Å². The number of aromatic amines is 1. The Labute approximate surface area is 228 Å². The standard InChI is InChI=1S/C29H38N4O6/c1-7-33(8-2)12-11-30-28(36)26-18(5)24(31-19(26)6)15-22-21-14-20(9-10-23(21)32-27(22)35)39-25(34)13-16(3)17(4)29(37)38/h9-10,14-17,31H,7-8,11-13H2,1-6H3,(H,30,36)(H,32,35)(H,37,38)/b22-15-. The summed E-state index contributed by atoms with van der Waals surface area (Å²) in [5.41, 5.74) is 4.12. The lowest BCUT2D eigenvalue weighted by atomic mass is 9.93. The molecule has 0 fully saturated rings. The van der Waals surface area contributed by atoms with Gasteiger partial charge in [0.2, 0.25) is 0 Å². The molecule has 0 saturated carbocycles. The highest BCUT2D eigenvalue weighted by Crippen LogP contribution is 2.36. The van der Waals surface area contributed by atoms with Gasteiger partial charge in [0.1, 0.15) is 5.75 Å². The van der Waals surface area contributed by atoms with Crippen molar-refractivity contribution < 1.29 is 29.0 Å². The number of carboxylic acids is 1. The number of esters is 1. The van der Waals surface area contributed by atoms with E-state index in [4.69, 9.17) is 9.84 Å². The number of fused-ring (bicyclic) bond motifs is 1. The molecule has 2 amide bonds. The number of nitrogens with one attached hydrogen (secondary N) is 3. The topological polar surface area (TPSA) is 141 Å². The maximum absolute atomic E-state index is 12.9. The van der Waals surface area contributed by atoms with E-state index >= 15 is 0 Å². The van der Waals surface area contributed by atoms with Crippen molar-refractivity contribution in [2.75, 3.05) is 31.5 Å². The van der Waals surface area contributed by atoms with Crippen LogP contribution in [0.2, 0.25) is 0 Å². The molecule has 1 aromatic heterocycles. The van der Waals surface area contributed by atoms with E-state index in [0.717, 1.165) is 25.2 Å². The summed E-state index contributed by atoms with van der Waals surface area (Å²) < 4.78 is 5.46. The third-order valence-electron chi connectivity index (χ3n) is 7.34. The van der Waals surface area contributed by atoms with Gasteiger partial charge >= 0.3 is 11.9 Å². The SMILES string of the molecule is CCN(CC)CCNC(=O)c1c(C)[nH]c(/C=C2\C(=O)Nc3ccc(OC(=O)CC(C)C(C)C(=O)O)cc32)c1C. The number of carboxylic acid groups (broad SMARTS) is 1. The van der Waals surface area contributed by atoms with Gasteiger partial charge in [0.05, 0.1) is 17.1 Å². The zero-order chi connectivity index (χ0) is 28.9. The predicted molar refractivity (Wildman–Crippen MR) is 150 cm³/mol. The highest BCUT2D eigenvalue weighted by Gasteiger charge is 2.27.